The zero-order valence-corrected chi connectivity index (χ0v) is 44.5. The van der Waals surface area contributed by atoms with Crippen molar-refractivity contribution < 1.29 is 165 Å². The molecule has 0 aromatic rings. The summed E-state index contributed by atoms with van der Waals surface area (Å²) in [6.45, 7) is 1.06. The summed E-state index contributed by atoms with van der Waals surface area (Å²) in [5.74, 6) is -1.79. The van der Waals surface area contributed by atoms with Crippen LogP contribution in [-0.4, -0.2) is 151 Å². The summed E-state index contributed by atoms with van der Waals surface area (Å²) >= 11 is 0. The number of unbranched alkanes of at least 4 members (excludes halogenated alkanes) is 10. The van der Waals surface area contributed by atoms with Crippen molar-refractivity contribution in [2.75, 3.05) is 112 Å². The number of hydrogen-bond acceptors (Lipinski definition) is 17. The Kier molecular flexibility index (Phi) is 42.5. The molecule has 2 unspecified atom stereocenters. The van der Waals surface area contributed by atoms with E-state index in [4.69, 9.17) is 33.2 Å². The zero-order chi connectivity index (χ0) is 41.0. The minimum atomic E-state index is -5.24. The van der Waals surface area contributed by atoms with Gasteiger partial charge < -0.3 is 46.8 Å². The number of rotatable bonds is 39. The van der Waals surface area contributed by atoms with Crippen LogP contribution >= 0.6 is 0 Å². The molecule has 0 amide bonds. The van der Waals surface area contributed by atoms with Crippen LogP contribution in [-0.2, 0) is 68.0 Å². The summed E-state index contributed by atoms with van der Waals surface area (Å²) in [6, 6.07) is 0. The summed E-state index contributed by atoms with van der Waals surface area (Å²) in [7, 11) is -10.9. The Labute approximate surface area is 410 Å². The van der Waals surface area contributed by atoms with E-state index in [9.17, 15) is 38.9 Å². The van der Waals surface area contributed by atoms with Crippen LogP contribution in [0.5, 0.6) is 0 Å². The first-order chi connectivity index (χ1) is 25.3. The van der Waals surface area contributed by atoms with E-state index in [1.807, 2.05) is 0 Å². The van der Waals surface area contributed by atoms with Gasteiger partial charge in [-0.25, -0.2) is 25.3 Å². The number of hydrogen-bond donors (Lipinski definition) is 0. The van der Waals surface area contributed by atoms with E-state index < -0.39 is 91.4 Å². The molecule has 0 aromatic heterocycles. The van der Waals surface area contributed by atoms with Gasteiger partial charge in [-0.15, -0.1) is 0 Å². The molecular weight excluding hydrogens is 846 g/mol. The second-order valence-electron chi connectivity index (χ2n) is 14.5. The van der Waals surface area contributed by atoms with Crippen LogP contribution in [0.4, 0.5) is 0 Å². The van der Waals surface area contributed by atoms with E-state index >= 15 is 0 Å². The molecule has 0 aliphatic rings. The fourth-order valence-electron chi connectivity index (χ4n) is 6.13. The first kappa shape index (κ1) is 66.0. The Morgan fingerprint density at radius 1 is 0.404 bits per heavy atom. The summed E-state index contributed by atoms with van der Waals surface area (Å²) in [4.78, 5) is 0. The van der Waals surface area contributed by atoms with E-state index in [1.54, 1.807) is 0 Å². The normalized spacial score (nSPS) is 15.4. The number of methoxy groups -OCH3 is 3. The molecule has 326 valence electrons. The van der Waals surface area contributed by atoms with E-state index in [1.165, 1.54) is 21.3 Å². The first-order valence-corrected chi connectivity index (χ1v) is 23.1. The molecule has 23 heteroatoms. The standard InChI is InChI=1S/C34H70O17S3.3Na/c1-6-8-10-12-14-16-18-47-25-33(21-45-4,30-52(35,36)37)27-49-23-32(20-44-3,29-51-54(41,42)43)24-50-28-34(22-46-5,31-53(38,39)40)26-48-19-17-15-13-11-9-7-2;;;/h6-31H2,1-5H3,(H,35,36,37)(H,38,39,40)(H,41,42,43);;;/q;3*+1/p-3. The van der Waals surface area contributed by atoms with Gasteiger partial charge in [0.25, 0.3) is 0 Å². The Morgan fingerprint density at radius 2 is 0.702 bits per heavy atom. The maximum absolute atomic E-state index is 12.0. The predicted octanol–water partition coefficient (Wildman–Crippen LogP) is -5.75. The third-order valence-electron chi connectivity index (χ3n) is 8.56. The average Bonchev–Trinajstić information content (AvgIpc) is 3.05. The van der Waals surface area contributed by atoms with E-state index in [2.05, 4.69) is 18.0 Å². The topological polar surface area (TPSA) is 245 Å². The van der Waals surface area contributed by atoms with Gasteiger partial charge in [-0.2, -0.15) is 0 Å². The maximum atomic E-state index is 12.0. The zero-order valence-electron chi connectivity index (χ0n) is 36.0. The minimum Gasteiger partial charge on any atom is -0.748 e. The molecule has 57 heavy (non-hydrogen) atoms. The molecule has 0 spiro atoms. The average molecular weight is 913 g/mol. The van der Waals surface area contributed by atoms with Crippen molar-refractivity contribution in [1.29, 1.82) is 0 Å². The monoisotopic (exact) mass is 912 g/mol. The molecule has 0 rings (SSSR count). The van der Waals surface area contributed by atoms with Crippen molar-refractivity contribution in [2.24, 2.45) is 16.2 Å². The molecule has 0 aromatic carbocycles. The summed E-state index contributed by atoms with van der Waals surface area (Å²) in [5.41, 5.74) is -4.49. The van der Waals surface area contributed by atoms with Gasteiger partial charge in [0.1, 0.15) is 0 Å². The van der Waals surface area contributed by atoms with Gasteiger partial charge in [0.05, 0.1) is 114 Å². The fraction of sp³-hybridized carbons (Fsp3) is 1.00. The van der Waals surface area contributed by atoms with Gasteiger partial charge >= 0.3 is 88.7 Å². The molecule has 2 atom stereocenters. The quantitative estimate of drug-likeness (QED) is 0.0241. The Bertz CT molecular complexity index is 1210. The van der Waals surface area contributed by atoms with Crippen molar-refractivity contribution in [1.82, 2.24) is 0 Å². The van der Waals surface area contributed by atoms with E-state index in [0.717, 1.165) is 77.0 Å². The van der Waals surface area contributed by atoms with Gasteiger partial charge in [0.2, 0.25) is 10.4 Å². The van der Waals surface area contributed by atoms with Crippen molar-refractivity contribution in [3.8, 4) is 0 Å². The van der Waals surface area contributed by atoms with Crippen LogP contribution in [0.25, 0.3) is 0 Å². The number of ether oxygens (including phenoxy) is 7. The molecule has 0 bridgehead atoms. The molecule has 0 aliphatic carbocycles. The smallest absolute Gasteiger partial charge is 0.748 e. The van der Waals surface area contributed by atoms with Crippen LogP contribution in [0.3, 0.4) is 0 Å². The molecular formula is C34H67Na3O17S3. The molecule has 17 nitrogen and oxygen atoms in total. The SMILES string of the molecule is CCCCCCCCOCC(COC)(COCC(COC)(COCC(COC)(COCCCCCCCC)CS(=O)(=O)[O-])COS(=O)(=O)[O-])CS(=O)(=O)[O-].[Na+].[Na+].[Na+]. The predicted molar refractivity (Wildman–Crippen MR) is 198 cm³/mol. The van der Waals surface area contributed by atoms with Crippen LogP contribution < -0.4 is 88.7 Å². The molecule has 0 saturated heterocycles. The van der Waals surface area contributed by atoms with Gasteiger partial charge in [-0.3, -0.25) is 4.18 Å². The molecule has 0 fully saturated rings. The van der Waals surface area contributed by atoms with Crippen molar-refractivity contribution in [2.45, 2.75) is 90.9 Å². The second kappa shape index (κ2) is 36.7. The van der Waals surface area contributed by atoms with Crippen LogP contribution in [0.15, 0.2) is 0 Å². The Hall–Kier alpha value is 2.41. The van der Waals surface area contributed by atoms with Gasteiger partial charge in [-0.05, 0) is 12.8 Å². The fourth-order valence-corrected chi connectivity index (χ4v) is 8.52. The van der Waals surface area contributed by atoms with E-state index in [-0.39, 0.29) is 122 Å². The van der Waals surface area contributed by atoms with Crippen molar-refractivity contribution in [3.05, 3.63) is 0 Å². The second-order valence-corrected chi connectivity index (χ2v) is 18.4. The summed E-state index contributed by atoms with van der Waals surface area (Å²) < 4.78 is 151. The molecule has 0 radical (unpaired) electrons. The third kappa shape index (κ3) is 36.4. The third-order valence-corrected chi connectivity index (χ3v) is 10.9. The van der Waals surface area contributed by atoms with Crippen LogP contribution in [0.2, 0.25) is 0 Å². The van der Waals surface area contributed by atoms with Gasteiger partial charge in [0.15, 0.2) is 0 Å². The van der Waals surface area contributed by atoms with Crippen molar-refractivity contribution >= 4 is 30.6 Å². The summed E-state index contributed by atoms with van der Waals surface area (Å²) in [6.07, 6.45) is 11.9. The minimum absolute atomic E-state index is 0. The first-order valence-electron chi connectivity index (χ1n) is 18.6. The summed E-state index contributed by atoms with van der Waals surface area (Å²) in [5, 5.41) is 0. The largest absolute Gasteiger partial charge is 1.00 e. The van der Waals surface area contributed by atoms with Crippen LogP contribution in [0, 0.1) is 16.2 Å². The van der Waals surface area contributed by atoms with Gasteiger partial charge in [0, 0.05) is 34.5 Å². The molecule has 0 heterocycles. The Balaban J connectivity index is -0.00000468. The van der Waals surface area contributed by atoms with Crippen molar-refractivity contribution in [3.63, 3.8) is 0 Å². The van der Waals surface area contributed by atoms with E-state index in [0.29, 0.717) is 13.2 Å². The Morgan fingerprint density at radius 3 is 1.02 bits per heavy atom. The maximum Gasteiger partial charge on any atom is 1.00 e. The van der Waals surface area contributed by atoms with Gasteiger partial charge in [-0.1, -0.05) is 78.1 Å². The molecule has 0 aliphatic heterocycles. The molecule has 0 saturated carbocycles. The molecule has 0 N–H and O–H groups in total. The van der Waals surface area contributed by atoms with Crippen LogP contribution in [0.1, 0.15) is 90.9 Å².